The Labute approximate surface area is 189 Å². The molecule has 0 bridgehead atoms. The summed E-state index contributed by atoms with van der Waals surface area (Å²) < 4.78 is 13.5. The van der Waals surface area contributed by atoms with E-state index >= 15 is 0 Å². The number of piperidine rings is 1. The van der Waals surface area contributed by atoms with Crippen molar-refractivity contribution in [2.75, 3.05) is 40.4 Å². The first-order valence-electron chi connectivity index (χ1n) is 11.0. The molecule has 1 fully saturated rings. The van der Waals surface area contributed by atoms with Crippen molar-refractivity contribution in [2.45, 2.75) is 38.8 Å². The van der Waals surface area contributed by atoms with Crippen LogP contribution in [0.15, 0.2) is 30.3 Å². The second-order valence-electron chi connectivity index (χ2n) is 9.01. The number of fused-ring (bicyclic) bond motifs is 2. The highest BCUT2D eigenvalue weighted by atomic mass is 35.5. The molecule has 7 heteroatoms. The van der Waals surface area contributed by atoms with Crippen LogP contribution in [0.5, 0.6) is 11.5 Å². The molecule has 168 valence electrons. The maximum absolute atomic E-state index is 13.2. The predicted octanol–water partition coefficient (Wildman–Crippen LogP) is 4.26. The molecule has 3 heterocycles. The zero-order valence-corrected chi connectivity index (χ0v) is 19.6. The van der Waals surface area contributed by atoms with Crippen LogP contribution in [0, 0.1) is 5.92 Å². The summed E-state index contributed by atoms with van der Waals surface area (Å²) in [4.78, 5) is 17.6. The molecule has 1 aromatic carbocycles. The summed E-state index contributed by atoms with van der Waals surface area (Å²) in [5.74, 6) is 1.72. The van der Waals surface area contributed by atoms with Crippen LogP contribution in [-0.2, 0) is 12.1 Å². The van der Waals surface area contributed by atoms with Gasteiger partial charge in [-0.3, -0.25) is 9.69 Å². The number of rotatable bonds is 5. The Bertz CT molecular complexity index is 948. The van der Waals surface area contributed by atoms with E-state index in [9.17, 15) is 4.79 Å². The fraction of sp³-hybridized carbons (Fsp3) is 0.542. The second kappa shape index (κ2) is 8.75. The minimum atomic E-state index is -0.0611. The summed E-state index contributed by atoms with van der Waals surface area (Å²) in [6, 6.07) is 9.60. The molecular formula is C24H32ClN3O3. The normalized spacial score (nSPS) is 18.3. The number of halogens is 1. The number of likely N-dealkylation sites (tertiary alicyclic amines) is 1. The quantitative estimate of drug-likeness (QED) is 0.689. The lowest BCUT2D eigenvalue weighted by Gasteiger charge is -2.50. The van der Waals surface area contributed by atoms with Crippen LogP contribution in [0.25, 0.3) is 0 Å². The average molecular weight is 446 g/mol. The lowest BCUT2D eigenvalue weighted by molar-refractivity contribution is 0.0131. The van der Waals surface area contributed by atoms with E-state index in [-0.39, 0.29) is 11.4 Å². The fourth-order valence-corrected chi connectivity index (χ4v) is 5.05. The first kappa shape index (κ1) is 22.0. The van der Waals surface area contributed by atoms with E-state index in [1.165, 1.54) is 5.69 Å². The molecule has 0 saturated carbocycles. The zero-order valence-electron chi connectivity index (χ0n) is 18.9. The summed E-state index contributed by atoms with van der Waals surface area (Å²) >= 11 is 6.41. The number of ether oxygens (including phenoxy) is 2. The summed E-state index contributed by atoms with van der Waals surface area (Å²) in [5.41, 5.74) is 1.84. The van der Waals surface area contributed by atoms with Gasteiger partial charge in [0.1, 0.15) is 5.15 Å². The van der Waals surface area contributed by atoms with Gasteiger partial charge in [-0.15, -0.1) is 0 Å². The number of carbonyl (C=O) groups is 1. The van der Waals surface area contributed by atoms with Crippen molar-refractivity contribution in [3.8, 4) is 11.5 Å². The predicted molar refractivity (Wildman–Crippen MR) is 122 cm³/mol. The largest absolute Gasteiger partial charge is 0.493 e. The fourth-order valence-electron chi connectivity index (χ4n) is 4.81. The molecule has 4 rings (SSSR count). The lowest BCUT2D eigenvalue weighted by atomic mass is 9.81. The van der Waals surface area contributed by atoms with Gasteiger partial charge in [-0.1, -0.05) is 25.4 Å². The van der Waals surface area contributed by atoms with Crippen LogP contribution in [0.3, 0.4) is 0 Å². The first-order valence-corrected chi connectivity index (χ1v) is 11.4. The number of carbonyl (C=O) groups excluding carboxylic acids is 1. The van der Waals surface area contributed by atoms with Crippen molar-refractivity contribution in [3.63, 3.8) is 0 Å². The highest BCUT2D eigenvalue weighted by Crippen LogP contribution is 2.42. The Morgan fingerprint density at radius 3 is 2.52 bits per heavy atom. The summed E-state index contributed by atoms with van der Waals surface area (Å²) in [6.07, 6.45) is 1.78. The molecule has 2 aliphatic rings. The van der Waals surface area contributed by atoms with Crippen molar-refractivity contribution in [2.24, 2.45) is 5.92 Å². The Kier molecular flexibility index (Phi) is 6.22. The Morgan fingerprint density at radius 2 is 1.84 bits per heavy atom. The van der Waals surface area contributed by atoms with E-state index in [1.807, 2.05) is 23.1 Å². The van der Waals surface area contributed by atoms with Crippen LogP contribution in [-0.4, -0.2) is 60.7 Å². The third-order valence-corrected chi connectivity index (χ3v) is 6.98. The number of amides is 1. The Morgan fingerprint density at radius 1 is 1.10 bits per heavy atom. The highest BCUT2D eigenvalue weighted by molar-refractivity contribution is 6.29. The molecule has 0 unspecified atom stereocenters. The van der Waals surface area contributed by atoms with Gasteiger partial charge >= 0.3 is 0 Å². The second-order valence-corrected chi connectivity index (χ2v) is 9.40. The molecule has 2 aliphatic heterocycles. The zero-order chi connectivity index (χ0) is 22.2. The number of aromatic nitrogens is 1. The Balaban J connectivity index is 1.49. The maximum Gasteiger partial charge on any atom is 0.253 e. The van der Waals surface area contributed by atoms with Crippen molar-refractivity contribution in [1.82, 2.24) is 14.4 Å². The molecule has 1 saturated heterocycles. The highest BCUT2D eigenvalue weighted by Gasteiger charge is 2.44. The number of methoxy groups -OCH3 is 1. The van der Waals surface area contributed by atoms with Crippen LogP contribution >= 0.6 is 11.6 Å². The van der Waals surface area contributed by atoms with Crippen LogP contribution in [0.4, 0.5) is 0 Å². The van der Waals surface area contributed by atoms with Gasteiger partial charge in [0.15, 0.2) is 11.5 Å². The summed E-state index contributed by atoms with van der Waals surface area (Å²) in [6.45, 7) is 8.10. The van der Waals surface area contributed by atoms with Gasteiger partial charge in [-0.05, 0) is 56.1 Å². The van der Waals surface area contributed by atoms with Crippen molar-refractivity contribution < 1.29 is 14.3 Å². The topological polar surface area (TPSA) is 46.9 Å². The lowest BCUT2D eigenvalue weighted by Crippen LogP contribution is -2.56. The minimum absolute atomic E-state index is 0.0374. The van der Waals surface area contributed by atoms with Crippen LogP contribution in [0.2, 0.25) is 5.15 Å². The number of hydrogen-bond acceptors (Lipinski definition) is 4. The number of benzene rings is 1. The van der Waals surface area contributed by atoms with Gasteiger partial charge in [-0.2, -0.15) is 0 Å². The third kappa shape index (κ3) is 4.03. The molecule has 31 heavy (non-hydrogen) atoms. The maximum atomic E-state index is 13.2. The number of nitrogens with zero attached hydrogens (tertiary/aromatic N) is 3. The smallest absolute Gasteiger partial charge is 0.253 e. The molecule has 1 amide bonds. The van der Waals surface area contributed by atoms with Gasteiger partial charge in [0.05, 0.1) is 19.3 Å². The van der Waals surface area contributed by atoms with Gasteiger partial charge in [0.2, 0.25) is 0 Å². The summed E-state index contributed by atoms with van der Waals surface area (Å²) in [5, 5.41) is 0.799. The van der Waals surface area contributed by atoms with Gasteiger partial charge in [-0.25, -0.2) is 0 Å². The van der Waals surface area contributed by atoms with E-state index in [2.05, 4.69) is 36.4 Å². The molecule has 1 spiro atoms. The van der Waals surface area contributed by atoms with Crippen molar-refractivity contribution in [1.29, 1.82) is 0 Å². The van der Waals surface area contributed by atoms with Crippen LogP contribution < -0.4 is 9.47 Å². The van der Waals surface area contributed by atoms with E-state index in [0.717, 1.165) is 31.1 Å². The molecule has 0 aliphatic carbocycles. The molecule has 0 radical (unpaired) electrons. The molecule has 1 aromatic heterocycles. The first-order chi connectivity index (χ1) is 14.9. The average Bonchev–Trinajstić information content (AvgIpc) is 3.16. The molecule has 0 N–H and O–H groups in total. The van der Waals surface area contributed by atoms with Gasteiger partial charge in [0.25, 0.3) is 5.91 Å². The monoisotopic (exact) mass is 445 g/mol. The molecule has 6 nitrogen and oxygen atoms in total. The SMILES string of the molecule is COc1cc(C(=O)N2CCC3(CC2)c2ccc(Cl)n2CCN3C)ccc1OCC(C)C. The minimum Gasteiger partial charge on any atom is -0.493 e. The van der Waals surface area contributed by atoms with E-state index in [0.29, 0.717) is 42.7 Å². The molecule has 2 aromatic rings. The van der Waals surface area contributed by atoms with E-state index in [4.69, 9.17) is 21.1 Å². The number of likely N-dealkylation sites (N-methyl/N-ethyl adjacent to an activating group) is 1. The molecule has 0 atom stereocenters. The van der Waals surface area contributed by atoms with E-state index < -0.39 is 0 Å². The molecular weight excluding hydrogens is 414 g/mol. The van der Waals surface area contributed by atoms with Crippen molar-refractivity contribution >= 4 is 17.5 Å². The van der Waals surface area contributed by atoms with Gasteiger partial charge in [0, 0.05) is 37.4 Å². The third-order valence-electron chi connectivity index (χ3n) is 6.65. The van der Waals surface area contributed by atoms with Crippen LogP contribution in [0.1, 0.15) is 42.7 Å². The van der Waals surface area contributed by atoms with Crippen molar-refractivity contribution in [3.05, 3.63) is 46.7 Å². The Hall–Kier alpha value is -2.18. The standard InChI is InChI=1S/C24H32ClN3O3/c1-17(2)16-31-19-6-5-18(15-20(19)30-4)23(29)27-11-9-24(10-12-27)21-7-8-22(25)28(21)14-13-26(24)3/h5-8,15,17H,9-14,16H2,1-4H3. The van der Waals surface area contributed by atoms with E-state index in [1.54, 1.807) is 13.2 Å². The number of hydrogen-bond donors (Lipinski definition) is 0. The summed E-state index contributed by atoms with van der Waals surface area (Å²) in [7, 11) is 3.79. The van der Waals surface area contributed by atoms with Gasteiger partial charge < -0.3 is 18.9 Å².